The number of aromatic amines is 2. The topological polar surface area (TPSA) is 125 Å². The molecule has 5 aromatic rings. The molecule has 0 spiro atoms. The number of carbonyl (C=O) groups excluding carboxylic acids is 2. The van der Waals surface area contributed by atoms with Crippen LogP contribution in [0.2, 0.25) is 0 Å². The fourth-order valence-electron chi connectivity index (χ4n) is 5.46. The number of amides is 2. The van der Waals surface area contributed by atoms with E-state index < -0.39 is 6.09 Å². The first-order valence-corrected chi connectivity index (χ1v) is 14.3. The lowest BCUT2D eigenvalue weighted by molar-refractivity contribution is -0.133. The summed E-state index contributed by atoms with van der Waals surface area (Å²) in [5.74, 6) is 2.26. The van der Waals surface area contributed by atoms with Crippen LogP contribution in [-0.2, 0) is 29.1 Å². The molecule has 0 saturated carbocycles. The van der Waals surface area contributed by atoms with Gasteiger partial charge in [0.15, 0.2) is 0 Å². The monoisotopic (exact) mass is 566 g/mol. The zero-order valence-electron chi connectivity index (χ0n) is 24.2. The van der Waals surface area contributed by atoms with Crippen LogP contribution in [0.4, 0.5) is 4.79 Å². The van der Waals surface area contributed by atoms with Crippen molar-refractivity contribution < 1.29 is 19.1 Å². The van der Waals surface area contributed by atoms with Crippen LogP contribution in [0, 0.1) is 0 Å². The summed E-state index contributed by atoms with van der Waals surface area (Å²) in [7, 11) is 1.27. The van der Waals surface area contributed by atoms with Crippen LogP contribution in [0.5, 0.6) is 5.75 Å². The fraction of sp³-hybridized carbons (Fsp3) is 0.312. The van der Waals surface area contributed by atoms with Crippen molar-refractivity contribution in [1.82, 2.24) is 30.2 Å². The predicted octanol–water partition coefficient (Wildman–Crippen LogP) is 5.71. The van der Waals surface area contributed by atoms with Crippen LogP contribution in [0.25, 0.3) is 44.2 Å². The van der Waals surface area contributed by atoms with Gasteiger partial charge in [-0.2, -0.15) is 0 Å². The minimum atomic E-state index is -0.639. The molecule has 1 aliphatic heterocycles. The van der Waals surface area contributed by atoms with Crippen LogP contribution >= 0.6 is 0 Å². The average molecular weight is 567 g/mol. The number of benzene rings is 3. The highest BCUT2D eigenvalue weighted by atomic mass is 16.5. The van der Waals surface area contributed by atoms with Crippen LogP contribution in [0.3, 0.4) is 0 Å². The SMILES string of the molecule is CCc1ncc(-c2ccc3c(c2)COc2cc4c(ccc5[nH]c(CN(C(=O)CNC(=O)OC)[C@@H](C)CC)nc54)cc2-3)[nH]1. The summed E-state index contributed by atoms with van der Waals surface area (Å²) in [5, 5.41) is 4.51. The number of aromatic nitrogens is 4. The van der Waals surface area contributed by atoms with Gasteiger partial charge in [-0.05, 0) is 59.7 Å². The molecule has 3 heterocycles. The Hall–Kier alpha value is -4.86. The van der Waals surface area contributed by atoms with Gasteiger partial charge in [-0.25, -0.2) is 14.8 Å². The van der Waals surface area contributed by atoms with E-state index in [2.05, 4.69) is 68.3 Å². The number of nitrogens with one attached hydrogen (secondary N) is 3. The van der Waals surface area contributed by atoms with Gasteiger partial charge in [0, 0.05) is 23.4 Å². The Balaban J connectivity index is 1.31. The van der Waals surface area contributed by atoms with Crippen molar-refractivity contribution in [2.24, 2.45) is 0 Å². The molecule has 3 N–H and O–H groups in total. The lowest BCUT2D eigenvalue weighted by Crippen LogP contribution is -2.44. The van der Waals surface area contributed by atoms with Crippen molar-refractivity contribution in [3.05, 3.63) is 65.9 Å². The highest BCUT2D eigenvalue weighted by Crippen LogP contribution is 2.42. The molecule has 10 nitrogen and oxygen atoms in total. The molecule has 3 aromatic carbocycles. The number of fused-ring (bicyclic) bond motifs is 6. The first-order valence-electron chi connectivity index (χ1n) is 14.3. The quantitative estimate of drug-likeness (QED) is 0.221. The number of hydrogen-bond acceptors (Lipinski definition) is 6. The largest absolute Gasteiger partial charge is 0.488 e. The summed E-state index contributed by atoms with van der Waals surface area (Å²) >= 11 is 0. The van der Waals surface area contributed by atoms with Crippen LogP contribution in [0.15, 0.2) is 48.7 Å². The molecule has 1 atom stereocenters. The van der Waals surface area contributed by atoms with E-state index in [9.17, 15) is 9.59 Å². The third-order valence-electron chi connectivity index (χ3n) is 8.00. The Morgan fingerprint density at radius 1 is 1.10 bits per heavy atom. The Kier molecular flexibility index (Phi) is 7.28. The molecule has 1 aliphatic rings. The summed E-state index contributed by atoms with van der Waals surface area (Å²) in [5.41, 5.74) is 7.14. The molecular weight excluding hydrogens is 532 g/mol. The second kappa shape index (κ2) is 11.2. The van der Waals surface area contributed by atoms with Crippen molar-refractivity contribution in [2.45, 2.75) is 52.8 Å². The Morgan fingerprint density at radius 2 is 1.95 bits per heavy atom. The van der Waals surface area contributed by atoms with Gasteiger partial charge >= 0.3 is 6.09 Å². The molecule has 216 valence electrons. The Labute approximate surface area is 243 Å². The second-order valence-electron chi connectivity index (χ2n) is 10.6. The second-order valence-corrected chi connectivity index (χ2v) is 10.6. The van der Waals surface area contributed by atoms with Gasteiger partial charge in [0.1, 0.15) is 30.5 Å². The molecule has 42 heavy (non-hydrogen) atoms. The molecule has 0 unspecified atom stereocenters. The predicted molar refractivity (Wildman–Crippen MR) is 161 cm³/mol. The minimum absolute atomic E-state index is 0.0372. The van der Waals surface area contributed by atoms with E-state index in [4.69, 9.17) is 9.72 Å². The maximum atomic E-state index is 13.0. The van der Waals surface area contributed by atoms with Gasteiger partial charge in [0.2, 0.25) is 5.91 Å². The molecular formula is C32H34N6O4. The van der Waals surface area contributed by atoms with Crippen LogP contribution in [-0.4, -0.2) is 56.5 Å². The number of methoxy groups -OCH3 is 1. The number of ether oxygens (including phenoxy) is 2. The normalized spacial score (nSPS) is 12.9. The molecule has 0 aliphatic carbocycles. The van der Waals surface area contributed by atoms with Crippen molar-refractivity contribution in [2.75, 3.05) is 13.7 Å². The van der Waals surface area contributed by atoms with E-state index in [0.717, 1.165) is 74.2 Å². The lowest BCUT2D eigenvalue weighted by Gasteiger charge is -2.27. The highest BCUT2D eigenvalue weighted by molar-refractivity contribution is 6.07. The first kappa shape index (κ1) is 27.3. The third-order valence-corrected chi connectivity index (χ3v) is 8.00. The lowest BCUT2D eigenvalue weighted by atomic mass is 9.92. The molecule has 10 heteroatoms. The standard InChI is InChI=1S/C32H34N6O4/c1-5-18(3)38(30(39)15-34-32(40)41-4)16-29-35-25-10-8-19-12-24-22-9-7-20(26-14-33-28(6-2)36-26)11-21(22)17-42-27(24)13-23(19)31(25)37-29/h7-14,18H,5-6,15-17H2,1-4H3,(H,33,36)(H,34,40)(H,35,37)/t18-/m0/s1. The maximum Gasteiger partial charge on any atom is 0.407 e. The molecule has 6 rings (SSSR count). The van der Waals surface area contributed by atoms with Gasteiger partial charge < -0.3 is 29.7 Å². The van der Waals surface area contributed by atoms with E-state index in [0.29, 0.717) is 19.0 Å². The van der Waals surface area contributed by atoms with Crippen LogP contribution in [0.1, 0.15) is 44.4 Å². The Morgan fingerprint density at radius 3 is 2.71 bits per heavy atom. The number of nitrogens with zero attached hydrogens (tertiary/aromatic N) is 3. The average Bonchev–Trinajstić information content (AvgIpc) is 3.68. The summed E-state index contributed by atoms with van der Waals surface area (Å²) in [4.78, 5) is 42.3. The molecule has 0 radical (unpaired) electrons. The fourth-order valence-corrected chi connectivity index (χ4v) is 5.46. The third kappa shape index (κ3) is 5.04. The zero-order chi connectivity index (χ0) is 29.4. The summed E-state index contributed by atoms with van der Waals surface area (Å²) in [6, 6.07) is 14.7. The number of H-pyrrole nitrogens is 2. The summed E-state index contributed by atoms with van der Waals surface area (Å²) < 4.78 is 10.9. The molecule has 2 amide bonds. The molecule has 0 bridgehead atoms. The van der Waals surface area contributed by atoms with E-state index >= 15 is 0 Å². The smallest absolute Gasteiger partial charge is 0.407 e. The molecule has 0 saturated heterocycles. The minimum Gasteiger partial charge on any atom is -0.488 e. The summed E-state index contributed by atoms with van der Waals surface area (Å²) in [6.07, 6.45) is 2.87. The number of carbonyl (C=O) groups is 2. The van der Waals surface area contributed by atoms with Crippen molar-refractivity contribution >= 4 is 33.8 Å². The number of hydrogen-bond donors (Lipinski definition) is 3. The number of imidazole rings is 2. The van der Waals surface area contributed by atoms with Crippen molar-refractivity contribution in [3.63, 3.8) is 0 Å². The van der Waals surface area contributed by atoms with E-state index in [1.54, 1.807) is 4.90 Å². The zero-order valence-corrected chi connectivity index (χ0v) is 24.2. The van der Waals surface area contributed by atoms with Gasteiger partial charge in [0.25, 0.3) is 0 Å². The van der Waals surface area contributed by atoms with Crippen LogP contribution < -0.4 is 10.1 Å². The van der Waals surface area contributed by atoms with E-state index in [-0.39, 0.29) is 18.5 Å². The Bertz CT molecular complexity index is 1810. The van der Waals surface area contributed by atoms with Crippen molar-refractivity contribution in [3.8, 4) is 28.1 Å². The van der Waals surface area contributed by atoms with Gasteiger partial charge in [-0.15, -0.1) is 0 Å². The van der Waals surface area contributed by atoms with E-state index in [1.165, 1.54) is 7.11 Å². The molecule has 0 fully saturated rings. The van der Waals surface area contributed by atoms with E-state index in [1.807, 2.05) is 26.1 Å². The highest BCUT2D eigenvalue weighted by Gasteiger charge is 2.23. The molecule has 2 aromatic heterocycles. The summed E-state index contributed by atoms with van der Waals surface area (Å²) in [6.45, 7) is 6.71. The number of alkyl carbamates (subject to hydrolysis) is 1. The number of aryl methyl sites for hydroxylation is 1. The number of rotatable bonds is 8. The van der Waals surface area contributed by atoms with Gasteiger partial charge in [-0.1, -0.05) is 32.0 Å². The maximum absolute atomic E-state index is 13.0. The first-order chi connectivity index (χ1) is 20.4. The van der Waals surface area contributed by atoms with Gasteiger partial charge in [0.05, 0.1) is 36.6 Å². The van der Waals surface area contributed by atoms with Crippen molar-refractivity contribution in [1.29, 1.82) is 0 Å². The van der Waals surface area contributed by atoms with Gasteiger partial charge in [-0.3, -0.25) is 4.79 Å².